The summed E-state index contributed by atoms with van der Waals surface area (Å²) >= 11 is 0. The molecule has 1 aliphatic carbocycles. The third kappa shape index (κ3) is 4.32. The molecule has 0 saturated carbocycles. The Morgan fingerprint density at radius 1 is 1.30 bits per heavy atom. The number of fused-ring (bicyclic) bond motifs is 1. The molecule has 0 saturated heterocycles. The van der Waals surface area contributed by atoms with E-state index in [1.807, 2.05) is 25.1 Å². The standard InChI is InChI=1S/C24H25NO5/c1-15-12-18-21(16(10-11-24(2,3)28)13-25(4)22(18)26)20(15)23(27)30-14-17-8-6-7-9-19(17)29-5/h6-9,13,28H,12,14H2,1-5H3. The van der Waals surface area contributed by atoms with Gasteiger partial charge in [-0.2, -0.15) is 0 Å². The highest BCUT2D eigenvalue weighted by Crippen LogP contribution is 2.34. The Kier molecular flexibility index (Phi) is 5.86. The van der Waals surface area contributed by atoms with Gasteiger partial charge in [-0.1, -0.05) is 35.6 Å². The van der Waals surface area contributed by atoms with Gasteiger partial charge in [0.2, 0.25) is 0 Å². The van der Waals surface area contributed by atoms with Gasteiger partial charge in [-0.25, -0.2) is 4.79 Å². The van der Waals surface area contributed by atoms with Crippen molar-refractivity contribution in [3.63, 3.8) is 0 Å². The SMILES string of the molecule is COc1ccccc1COC(=O)C1=C(C)Cc2c1c(C#CC(C)(C)O)cn(C)c2=O. The molecule has 0 bridgehead atoms. The first-order valence-electron chi connectivity index (χ1n) is 9.59. The van der Waals surface area contributed by atoms with Crippen LogP contribution in [0.15, 0.2) is 40.8 Å². The number of ether oxygens (including phenoxy) is 2. The maximum Gasteiger partial charge on any atom is 0.339 e. The summed E-state index contributed by atoms with van der Waals surface area (Å²) < 4.78 is 12.3. The average molecular weight is 407 g/mol. The molecule has 3 rings (SSSR count). The minimum atomic E-state index is -1.20. The summed E-state index contributed by atoms with van der Waals surface area (Å²) in [5.41, 5.74) is 2.00. The van der Waals surface area contributed by atoms with Crippen molar-refractivity contribution in [1.29, 1.82) is 0 Å². The van der Waals surface area contributed by atoms with Gasteiger partial charge in [0.1, 0.15) is 18.0 Å². The topological polar surface area (TPSA) is 77.8 Å². The first kappa shape index (κ1) is 21.4. The van der Waals surface area contributed by atoms with E-state index in [1.54, 1.807) is 40.3 Å². The smallest absolute Gasteiger partial charge is 0.339 e. The predicted molar refractivity (Wildman–Crippen MR) is 114 cm³/mol. The van der Waals surface area contributed by atoms with Crippen LogP contribution in [0.2, 0.25) is 0 Å². The van der Waals surface area contributed by atoms with Crippen molar-refractivity contribution in [2.75, 3.05) is 7.11 Å². The van der Waals surface area contributed by atoms with Gasteiger partial charge < -0.3 is 19.1 Å². The van der Waals surface area contributed by atoms with Gasteiger partial charge in [0.15, 0.2) is 0 Å². The van der Waals surface area contributed by atoms with Gasteiger partial charge in [0, 0.05) is 41.9 Å². The second kappa shape index (κ2) is 8.21. The number of pyridine rings is 1. The number of esters is 1. The zero-order valence-corrected chi connectivity index (χ0v) is 17.8. The number of allylic oxidation sites excluding steroid dienone is 1. The van der Waals surface area contributed by atoms with Crippen LogP contribution < -0.4 is 10.3 Å². The van der Waals surface area contributed by atoms with Crippen molar-refractivity contribution in [3.05, 3.63) is 68.6 Å². The van der Waals surface area contributed by atoms with Crippen LogP contribution in [-0.4, -0.2) is 28.4 Å². The number of nitrogens with zero attached hydrogens (tertiary/aromatic N) is 1. The van der Waals surface area contributed by atoms with Crippen LogP contribution in [0.4, 0.5) is 0 Å². The number of carbonyl (C=O) groups excluding carboxylic acids is 1. The van der Waals surface area contributed by atoms with E-state index in [0.717, 1.165) is 11.1 Å². The Morgan fingerprint density at radius 2 is 2.00 bits per heavy atom. The normalized spacial score (nSPS) is 12.9. The number of benzene rings is 1. The van der Waals surface area contributed by atoms with Gasteiger partial charge in [-0.15, -0.1) is 0 Å². The summed E-state index contributed by atoms with van der Waals surface area (Å²) in [6, 6.07) is 7.31. The molecule has 2 aromatic rings. The van der Waals surface area contributed by atoms with Gasteiger partial charge in [0.25, 0.3) is 5.56 Å². The van der Waals surface area contributed by atoms with Crippen LogP contribution in [-0.2, 0) is 29.6 Å². The van der Waals surface area contributed by atoms with E-state index in [-0.39, 0.29) is 12.2 Å². The van der Waals surface area contributed by atoms with Crippen LogP contribution in [0, 0.1) is 11.8 Å². The van der Waals surface area contributed by atoms with E-state index in [4.69, 9.17) is 9.47 Å². The summed E-state index contributed by atoms with van der Waals surface area (Å²) in [4.78, 5) is 25.7. The molecule has 1 aromatic heterocycles. The van der Waals surface area contributed by atoms with Gasteiger partial charge >= 0.3 is 5.97 Å². The summed E-state index contributed by atoms with van der Waals surface area (Å²) in [5, 5.41) is 9.98. The molecule has 0 fully saturated rings. The average Bonchev–Trinajstić information content (AvgIpc) is 3.05. The zero-order chi connectivity index (χ0) is 22.1. The first-order chi connectivity index (χ1) is 14.1. The molecule has 1 N–H and O–H groups in total. The molecule has 6 heteroatoms. The predicted octanol–water partition coefficient (Wildman–Crippen LogP) is 2.59. The van der Waals surface area contributed by atoms with E-state index in [9.17, 15) is 14.7 Å². The number of methoxy groups -OCH3 is 1. The molecule has 0 amide bonds. The van der Waals surface area contributed by atoms with Gasteiger partial charge in [0.05, 0.1) is 12.7 Å². The third-order valence-electron chi connectivity index (χ3n) is 4.85. The molecule has 0 spiro atoms. The van der Waals surface area contributed by atoms with E-state index < -0.39 is 11.6 Å². The maximum absolute atomic E-state index is 13.0. The fourth-order valence-corrected chi connectivity index (χ4v) is 3.44. The van der Waals surface area contributed by atoms with Crippen LogP contribution >= 0.6 is 0 Å². The third-order valence-corrected chi connectivity index (χ3v) is 4.85. The Balaban J connectivity index is 1.99. The van der Waals surface area contributed by atoms with Crippen LogP contribution in [0.1, 0.15) is 43.0 Å². The van der Waals surface area contributed by atoms with Crippen molar-refractivity contribution >= 4 is 11.5 Å². The van der Waals surface area contributed by atoms with Crippen LogP contribution in [0.3, 0.4) is 0 Å². The van der Waals surface area contributed by atoms with Crippen LogP contribution in [0.25, 0.3) is 5.57 Å². The minimum Gasteiger partial charge on any atom is -0.496 e. The molecule has 156 valence electrons. The Labute approximate surface area is 175 Å². The lowest BCUT2D eigenvalue weighted by atomic mass is 10.00. The minimum absolute atomic E-state index is 0.0461. The number of para-hydroxylation sites is 1. The lowest BCUT2D eigenvalue weighted by Crippen LogP contribution is -2.23. The number of carbonyl (C=O) groups is 1. The summed E-state index contributed by atoms with van der Waals surface area (Å²) in [6.07, 6.45) is 1.95. The molecule has 30 heavy (non-hydrogen) atoms. The Morgan fingerprint density at radius 3 is 2.67 bits per heavy atom. The molecule has 0 radical (unpaired) electrons. The molecule has 6 nitrogen and oxygen atoms in total. The second-order valence-electron chi connectivity index (χ2n) is 7.84. The molecule has 0 unspecified atom stereocenters. The van der Waals surface area contributed by atoms with E-state index in [2.05, 4.69) is 11.8 Å². The Hall–Kier alpha value is -3.30. The quantitative estimate of drug-likeness (QED) is 0.623. The molecule has 1 aromatic carbocycles. The van der Waals surface area contributed by atoms with Crippen molar-refractivity contribution in [2.45, 2.75) is 39.4 Å². The lowest BCUT2D eigenvalue weighted by molar-refractivity contribution is -0.137. The molecular weight excluding hydrogens is 382 g/mol. The van der Waals surface area contributed by atoms with E-state index in [1.165, 1.54) is 4.57 Å². The monoisotopic (exact) mass is 407 g/mol. The van der Waals surface area contributed by atoms with Crippen molar-refractivity contribution in [3.8, 4) is 17.6 Å². The molecule has 0 atom stereocenters. The number of aryl methyl sites for hydroxylation is 1. The maximum atomic E-state index is 13.0. The number of hydrogen-bond donors (Lipinski definition) is 1. The molecule has 1 aliphatic rings. The largest absolute Gasteiger partial charge is 0.496 e. The van der Waals surface area contributed by atoms with Crippen molar-refractivity contribution < 1.29 is 19.4 Å². The van der Waals surface area contributed by atoms with Crippen molar-refractivity contribution in [2.24, 2.45) is 7.05 Å². The highest BCUT2D eigenvalue weighted by atomic mass is 16.5. The second-order valence-corrected chi connectivity index (χ2v) is 7.84. The van der Waals surface area contributed by atoms with Gasteiger partial charge in [-0.05, 0) is 26.8 Å². The highest BCUT2D eigenvalue weighted by Gasteiger charge is 2.31. The zero-order valence-electron chi connectivity index (χ0n) is 17.8. The fourth-order valence-electron chi connectivity index (χ4n) is 3.44. The number of aromatic nitrogens is 1. The number of aliphatic hydroxyl groups is 1. The summed E-state index contributed by atoms with van der Waals surface area (Å²) in [7, 11) is 3.20. The van der Waals surface area contributed by atoms with Crippen molar-refractivity contribution in [1.82, 2.24) is 4.57 Å². The fraction of sp³-hybridized carbons (Fsp3) is 0.333. The number of rotatable bonds is 4. The van der Waals surface area contributed by atoms with E-state index >= 15 is 0 Å². The lowest BCUT2D eigenvalue weighted by Gasteiger charge is -2.13. The molecular formula is C24H25NO5. The Bertz CT molecular complexity index is 1150. The number of hydrogen-bond acceptors (Lipinski definition) is 5. The first-order valence-corrected chi connectivity index (χ1v) is 9.59. The van der Waals surface area contributed by atoms with E-state index in [0.29, 0.717) is 34.4 Å². The highest BCUT2D eigenvalue weighted by molar-refractivity contribution is 6.19. The molecule has 0 aliphatic heterocycles. The van der Waals surface area contributed by atoms with Crippen LogP contribution in [0.5, 0.6) is 5.75 Å². The summed E-state index contributed by atoms with van der Waals surface area (Å²) in [6.45, 7) is 5.01. The summed E-state index contributed by atoms with van der Waals surface area (Å²) in [5.74, 6) is 5.81. The van der Waals surface area contributed by atoms with Gasteiger partial charge in [-0.3, -0.25) is 4.79 Å². The molecule has 1 heterocycles.